The quantitative estimate of drug-likeness (QED) is 0.403. The molecule has 3 aromatic rings. The van der Waals surface area contributed by atoms with Gasteiger partial charge in [-0.1, -0.05) is 59.6 Å². The number of aryl methyl sites for hydroxylation is 3. The van der Waals surface area contributed by atoms with Crippen molar-refractivity contribution in [1.82, 2.24) is 15.0 Å². The molecule has 1 unspecified atom stereocenters. The molecule has 152 valence electrons. The molecule has 0 radical (unpaired) electrons. The second-order valence-corrected chi connectivity index (χ2v) is 10.6. The Bertz CT molecular complexity index is 1110. The molecule has 0 fully saturated rings. The van der Waals surface area contributed by atoms with E-state index in [1.807, 2.05) is 50.7 Å². The monoisotopic (exact) mass is 449 g/mol. The first-order valence-electron chi connectivity index (χ1n) is 9.79. The summed E-state index contributed by atoms with van der Waals surface area (Å²) in [6.45, 7) is 6.10. The number of thioether (sulfide) groups is 3. The van der Waals surface area contributed by atoms with Crippen LogP contribution in [0, 0.1) is 20.8 Å². The molecular formula is C24H23N3S3. The highest BCUT2D eigenvalue weighted by Crippen LogP contribution is 2.42. The number of allylic oxidation sites excluding steroid dienone is 2. The average Bonchev–Trinajstić information content (AvgIpc) is 2.68. The van der Waals surface area contributed by atoms with Crippen LogP contribution in [0.3, 0.4) is 0 Å². The third kappa shape index (κ3) is 6.00. The third-order valence-electron chi connectivity index (χ3n) is 4.37. The summed E-state index contributed by atoms with van der Waals surface area (Å²) >= 11 is 5.29. The highest BCUT2D eigenvalue weighted by molar-refractivity contribution is 8.04. The molecule has 1 atom stereocenters. The first-order chi connectivity index (χ1) is 14.5. The zero-order chi connectivity index (χ0) is 20.9. The van der Waals surface area contributed by atoms with Gasteiger partial charge in [-0.25, -0.2) is 15.0 Å². The number of pyridine rings is 3. The van der Waals surface area contributed by atoms with Crippen LogP contribution in [0.5, 0.6) is 0 Å². The highest BCUT2D eigenvalue weighted by Gasteiger charge is 2.19. The summed E-state index contributed by atoms with van der Waals surface area (Å²) in [6.07, 6.45) is 5.59. The highest BCUT2D eigenvalue weighted by atomic mass is 32.2. The summed E-state index contributed by atoms with van der Waals surface area (Å²) in [7, 11) is 0. The van der Waals surface area contributed by atoms with Gasteiger partial charge in [0.05, 0.1) is 5.03 Å². The van der Waals surface area contributed by atoms with E-state index in [9.17, 15) is 0 Å². The van der Waals surface area contributed by atoms with Crippen molar-refractivity contribution in [2.24, 2.45) is 0 Å². The van der Waals surface area contributed by atoms with Gasteiger partial charge in [0.25, 0.3) is 0 Å². The molecule has 0 spiro atoms. The minimum Gasteiger partial charge on any atom is -0.247 e. The second-order valence-electron chi connectivity index (χ2n) is 7.10. The van der Waals surface area contributed by atoms with E-state index in [0.717, 1.165) is 38.6 Å². The first kappa shape index (κ1) is 21.2. The summed E-state index contributed by atoms with van der Waals surface area (Å²) in [4.78, 5) is 16.6. The molecule has 0 amide bonds. The van der Waals surface area contributed by atoms with Gasteiger partial charge in [-0.15, -0.1) is 0 Å². The lowest BCUT2D eigenvalue weighted by molar-refractivity contribution is 1.00. The van der Waals surface area contributed by atoms with Crippen molar-refractivity contribution < 1.29 is 0 Å². The van der Waals surface area contributed by atoms with Crippen molar-refractivity contribution >= 4 is 35.3 Å². The molecule has 0 aromatic carbocycles. The molecule has 4 rings (SSSR count). The molecule has 6 heteroatoms. The van der Waals surface area contributed by atoms with Crippen LogP contribution >= 0.6 is 35.3 Å². The fourth-order valence-corrected chi connectivity index (χ4v) is 6.53. The Morgan fingerprint density at radius 1 is 0.700 bits per heavy atom. The Kier molecular flexibility index (Phi) is 6.97. The van der Waals surface area contributed by atoms with E-state index >= 15 is 0 Å². The number of hydrogen-bond acceptors (Lipinski definition) is 6. The van der Waals surface area contributed by atoms with Crippen LogP contribution in [0.4, 0.5) is 0 Å². The topological polar surface area (TPSA) is 38.7 Å². The number of hydrogen-bond donors (Lipinski definition) is 0. The van der Waals surface area contributed by atoms with Crippen molar-refractivity contribution in [1.29, 1.82) is 0 Å². The fraction of sp³-hybridized carbons (Fsp3) is 0.208. The predicted octanol–water partition coefficient (Wildman–Crippen LogP) is 7.01. The lowest BCUT2D eigenvalue weighted by Gasteiger charge is -2.21. The number of nitrogens with zero attached hydrogens (tertiary/aromatic N) is 3. The summed E-state index contributed by atoms with van der Waals surface area (Å²) in [6, 6.07) is 18.5. The van der Waals surface area contributed by atoms with Crippen LogP contribution in [-0.2, 0) is 0 Å². The molecule has 3 heterocycles. The Morgan fingerprint density at radius 3 is 1.83 bits per heavy atom. The standard InChI is InChI=1S/C24H23N3S3/c1-16-7-4-10-22(25-16)28-19-13-20(29-23-11-5-8-17(2)26-23)15-21(14-19)30-24-12-6-9-18(3)27-24/h4-14,20H,15H2,1-3H3. The van der Waals surface area contributed by atoms with Crippen LogP contribution in [-0.4, -0.2) is 20.2 Å². The van der Waals surface area contributed by atoms with Gasteiger partial charge in [-0.3, -0.25) is 0 Å². The molecule has 3 nitrogen and oxygen atoms in total. The largest absolute Gasteiger partial charge is 0.247 e. The maximum absolute atomic E-state index is 4.68. The van der Waals surface area contributed by atoms with Crippen molar-refractivity contribution in [2.75, 3.05) is 0 Å². The molecule has 3 aromatic heterocycles. The van der Waals surface area contributed by atoms with Crippen molar-refractivity contribution in [3.8, 4) is 0 Å². The molecule has 30 heavy (non-hydrogen) atoms. The van der Waals surface area contributed by atoms with Crippen molar-refractivity contribution in [3.05, 3.63) is 93.6 Å². The molecule has 0 saturated heterocycles. The maximum Gasteiger partial charge on any atom is 0.101 e. The predicted molar refractivity (Wildman–Crippen MR) is 129 cm³/mol. The summed E-state index contributed by atoms with van der Waals surface area (Å²) in [5.41, 5.74) is 3.13. The second kappa shape index (κ2) is 9.86. The van der Waals surface area contributed by atoms with Gasteiger partial charge >= 0.3 is 0 Å². The van der Waals surface area contributed by atoms with E-state index in [0.29, 0.717) is 5.25 Å². The normalized spacial score (nSPS) is 16.2. The maximum atomic E-state index is 4.68. The zero-order valence-corrected chi connectivity index (χ0v) is 19.7. The van der Waals surface area contributed by atoms with E-state index < -0.39 is 0 Å². The Hall–Kier alpha value is -2.02. The Balaban J connectivity index is 1.58. The lowest BCUT2D eigenvalue weighted by Crippen LogP contribution is -2.06. The SMILES string of the molecule is Cc1cccc(SC2=CC(Sc3cccc(C)n3)CC(Sc3cccc(C)n3)=C2)n1. The van der Waals surface area contributed by atoms with Crippen LogP contribution in [0.1, 0.15) is 23.5 Å². The van der Waals surface area contributed by atoms with E-state index in [4.69, 9.17) is 0 Å². The van der Waals surface area contributed by atoms with Crippen molar-refractivity contribution in [2.45, 2.75) is 47.5 Å². The molecular weight excluding hydrogens is 426 g/mol. The van der Waals surface area contributed by atoms with Crippen molar-refractivity contribution in [3.63, 3.8) is 0 Å². The Morgan fingerprint density at radius 2 is 1.23 bits per heavy atom. The van der Waals surface area contributed by atoms with Gasteiger partial charge in [0.2, 0.25) is 0 Å². The van der Waals surface area contributed by atoms with Crippen LogP contribution in [0.25, 0.3) is 0 Å². The van der Waals surface area contributed by atoms with Crippen LogP contribution in [0.2, 0.25) is 0 Å². The summed E-state index contributed by atoms with van der Waals surface area (Å²) in [5.74, 6) is 0. The number of rotatable bonds is 6. The molecule has 0 aliphatic heterocycles. The summed E-state index contributed by atoms with van der Waals surface area (Å²) < 4.78 is 0. The minimum atomic E-state index is 0.323. The number of aromatic nitrogens is 3. The third-order valence-corrected chi connectivity index (χ3v) is 7.36. The molecule has 1 aliphatic rings. The Labute approximate surface area is 190 Å². The average molecular weight is 450 g/mol. The van der Waals surface area contributed by atoms with E-state index in [2.05, 4.69) is 63.5 Å². The molecule has 0 saturated carbocycles. The lowest BCUT2D eigenvalue weighted by atomic mass is 10.2. The molecule has 0 N–H and O–H groups in total. The van der Waals surface area contributed by atoms with E-state index in [1.165, 1.54) is 9.81 Å². The first-order valence-corrected chi connectivity index (χ1v) is 12.3. The molecule has 1 aliphatic carbocycles. The zero-order valence-electron chi connectivity index (χ0n) is 17.2. The molecule has 0 bridgehead atoms. The minimum absolute atomic E-state index is 0.323. The van der Waals surface area contributed by atoms with Gasteiger partial charge in [0.1, 0.15) is 10.1 Å². The van der Waals surface area contributed by atoms with Crippen LogP contribution < -0.4 is 0 Å². The van der Waals surface area contributed by atoms with Gasteiger partial charge in [-0.05, 0) is 74.6 Å². The van der Waals surface area contributed by atoms with E-state index in [-0.39, 0.29) is 0 Å². The van der Waals surface area contributed by atoms with Gasteiger partial charge in [0, 0.05) is 27.2 Å². The fourth-order valence-electron chi connectivity index (χ4n) is 3.06. The van der Waals surface area contributed by atoms with E-state index in [1.54, 1.807) is 23.5 Å². The smallest absolute Gasteiger partial charge is 0.101 e. The van der Waals surface area contributed by atoms with Gasteiger partial charge in [0.15, 0.2) is 0 Å². The summed E-state index contributed by atoms with van der Waals surface area (Å²) in [5, 5.41) is 3.45. The van der Waals surface area contributed by atoms with Gasteiger partial charge in [-0.2, -0.15) is 0 Å². The van der Waals surface area contributed by atoms with Gasteiger partial charge < -0.3 is 0 Å². The van der Waals surface area contributed by atoms with Crippen LogP contribution in [0.15, 0.2) is 91.6 Å².